The van der Waals surface area contributed by atoms with E-state index in [1.54, 1.807) is 0 Å². The molecular weight excluding hydrogens is 212 g/mol. The Hall–Kier alpha value is -1.77. The molecule has 90 valence electrons. The van der Waals surface area contributed by atoms with Crippen LogP contribution in [0.3, 0.4) is 0 Å². The molecule has 0 atom stereocenters. The molecule has 0 aliphatic rings. The lowest BCUT2D eigenvalue weighted by molar-refractivity contribution is 0.619. The Morgan fingerprint density at radius 1 is 1.24 bits per heavy atom. The first-order chi connectivity index (χ1) is 8.24. The summed E-state index contributed by atoms with van der Waals surface area (Å²) in [6, 6.07) is 10.1. The monoisotopic (exact) mass is 230 g/mol. The summed E-state index contributed by atoms with van der Waals surface area (Å²) in [5.41, 5.74) is 3.05. The molecule has 0 aliphatic heterocycles. The minimum Gasteiger partial charge on any atom is -0.309 e. The summed E-state index contributed by atoms with van der Waals surface area (Å²) in [5.74, 6) is 0. The zero-order valence-corrected chi connectivity index (χ0v) is 10.4. The van der Waals surface area contributed by atoms with E-state index in [9.17, 15) is 4.79 Å². The third kappa shape index (κ3) is 2.33. The van der Waals surface area contributed by atoms with E-state index >= 15 is 0 Å². The van der Waals surface area contributed by atoms with E-state index in [0.29, 0.717) is 0 Å². The Labute approximate surface area is 101 Å². The summed E-state index contributed by atoms with van der Waals surface area (Å²) in [6.07, 6.45) is 2.11. The average molecular weight is 230 g/mol. The van der Waals surface area contributed by atoms with Gasteiger partial charge in [-0.3, -0.25) is 4.57 Å². The number of unbranched alkanes of at least 4 members (excludes halogenated alkanes) is 1. The van der Waals surface area contributed by atoms with Crippen LogP contribution in [0, 0.1) is 6.92 Å². The Bertz CT molecular complexity index is 537. The average Bonchev–Trinajstić information content (AvgIpc) is 2.62. The van der Waals surface area contributed by atoms with E-state index < -0.39 is 0 Å². The van der Waals surface area contributed by atoms with E-state index in [0.717, 1.165) is 36.3 Å². The van der Waals surface area contributed by atoms with Crippen molar-refractivity contribution in [1.29, 1.82) is 0 Å². The number of benzene rings is 1. The van der Waals surface area contributed by atoms with Gasteiger partial charge in [0.05, 0.1) is 5.69 Å². The number of aromatic nitrogens is 2. The number of hydrogen-bond acceptors (Lipinski definition) is 1. The highest BCUT2D eigenvalue weighted by molar-refractivity contribution is 5.62. The fourth-order valence-electron chi connectivity index (χ4n) is 2.09. The number of aryl methyl sites for hydroxylation is 1. The van der Waals surface area contributed by atoms with Gasteiger partial charge >= 0.3 is 5.69 Å². The maximum Gasteiger partial charge on any atom is 0.326 e. The van der Waals surface area contributed by atoms with Gasteiger partial charge < -0.3 is 4.98 Å². The number of aromatic amines is 1. The van der Waals surface area contributed by atoms with Gasteiger partial charge in [-0.1, -0.05) is 43.7 Å². The summed E-state index contributed by atoms with van der Waals surface area (Å²) in [6.45, 7) is 4.86. The van der Waals surface area contributed by atoms with Crippen LogP contribution >= 0.6 is 0 Å². The lowest BCUT2D eigenvalue weighted by atomic mass is 10.1. The van der Waals surface area contributed by atoms with Gasteiger partial charge in [-0.05, 0) is 13.3 Å². The first-order valence-electron chi connectivity index (χ1n) is 6.09. The molecule has 0 amide bonds. The predicted octanol–water partition coefficient (Wildman–Crippen LogP) is 2.95. The standard InChI is InChI=1S/C14H18N2O/c1-3-4-10-16-13(11(2)15-14(16)17)12-8-6-5-7-9-12/h5-9H,3-4,10H2,1-2H3,(H,15,17). The van der Waals surface area contributed by atoms with Crippen molar-refractivity contribution < 1.29 is 0 Å². The number of imidazole rings is 1. The molecule has 0 unspecified atom stereocenters. The van der Waals surface area contributed by atoms with Crippen molar-refractivity contribution in [3.05, 3.63) is 46.5 Å². The zero-order chi connectivity index (χ0) is 12.3. The largest absolute Gasteiger partial charge is 0.326 e. The third-order valence-electron chi connectivity index (χ3n) is 2.95. The van der Waals surface area contributed by atoms with Crippen molar-refractivity contribution in [2.75, 3.05) is 0 Å². The molecule has 1 aromatic carbocycles. The number of nitrogens with one attached hydrogen (secondary N) is 1. The topological polar surface area (TPSA) is 37.8 Å². The van der Waals surface area contributed by atoms with Gasteiger partial charge in [-0.25, -0.2) is 4.79 Å². The predicted molar refractivity (Wildman–Crippen MR) is 70.1 cm³/mol. The van der Waals surface area contributed by atoms with Crippen LogP contribution in [0.2, 0.25) is 0 Å². The Balaban J connectivity index is 2.49. The van der Waals surface area contributed by atoms with Crippen LogP contribution in [0.5, 0.6) is 0 Å². The van der Waals surface area contributed by atoms with Gasteiger partial charge in [0.25, 0.3) is 0 Å². The normalized spacial score (nSPS) is 10.7. The first-order valence-corrected chi connectivity index (χ1v) is 6.09. The zero-order valence-electron chi connectivity index (χ0n) is 10.4. The highest BCUT2D eigenvalue weighted by Gasteiger charge is 2.11. The van der Waals surface area contributed by atoms with Crippen LogP contribution in [0.25, 0.3) is 11.3 Å². The molecule has 2 aromatic rings. The van der Waals surface area contributed by atoms with Gasteiger partial charge in [0.2, 0.25) is 0 Å². The van der Waals surface area contributed by atoms with Crippen molar-refractivity contribution in [3.8, 4) is 11.3 Å². The second-order valence-corrected chi connectivity index (χ2v) is 4.27. The van der Waals surface area contributed by atoms with Crippen LogP contribution in [0.1, 0.15) is 25.5 Å². The van der Waals surface area contributed by atoms with Gasteiger partial charge in [-0.2, -0.15) is 0 Å². The molecule has 17 heavy (non-hydrogen) atoms. The second kappa shape index (κ2) is 5.04. The Kier molecular flexibility index (Phi) is 3.47. The minimum atomic E-state index is -0.00481. The first kappa shape index (κ1) is 11.7. The number of H-pyrrole nitrogens is 1. The molecule has 1 N–H and O–H groups in total. The number of hydrogen-bond donors (Lipinski definition) is 1. The summed E-state index contributed by atoms with van der Waals surface area (Å²) < 4.78 is 1.84. The van der Waals surface area contributed by atoms with Gasteiger partial charge in [0.1, 0.15) is 0 Å². The van der Waals surface area contributed by atoms with E-state index in [-0.39, 0.29) is 5.69 Å². The Morgan fingerprint density at radius 3 is 2.59 bits per heavy atom. The molecule has 1 heterocycles. The molecular formula is C14H18N2O. The summed E-state index contributed by atoms with van der Waals surface area (Å²) in [5, 5.41) is 0. The molecule has 0 bridgehead atoms. The van der Waals surface area contributed by atoms with Crippen molar-refractivity contribution >= 4 is 0 Å². The maximum atomic E-state index is 11.8. The van der Waals surface area contributed by atoms with Crippen molar-refractivity contribution in [2.24, 2.45) is 0 Å². The van der Waals surface area contributed by atoms with Crippen molar-refractivity contribution in [1.82, 2.24) is 9.55 Å². The summed E-state index contributed by atoms with van der Waals surface area (Å²) in [4.78, 5) is 14.7. The van der Waals surface area contributed by atoms with Crippen LogP contribution in [0.15, 0.2) is 35.1 Å². The molecule has 0 fully saturated rings. The summed E-state index contributed by atoms with van der Waals surface area (Å²) >= 11 is 0. The molecule has 2 rings (SSSR count). The lowest BCUT2D eigenvalue weighted by Crippen LogP contribution is -2.17. The quantitative estimate of drug-likeness (QED) is 0.861. The molecule has 0 saturated carbocycles. The second-order valence-electron chi connectivity index (χ2n) is 4.27. The van der Waals surface area contributed by atoms with E-state index in [1.807, 2.05) is 41.8 Å². The summed E-state index contributed by atoms with van der Waals surface area (Å²) in [7, 11) is 0. The molecule has 1 aromatic heterocycles. The van der Waals surface area contributed by atoms with Crippen LogP contribution in [-0.2, 0) is 6.54 Å². The van der Waals surface area contributed by atoms with Crippen LogP contribution < -0.4 is 5.69 Å². The van der Waals surface area contributed by atoms with E-state index in [1.165, 1.54) is 0 Å². The molecule has 3 heteroatoms. The molecule has 3 nitrogen and oxygen atoms in total. The van der Waals surface area contributed by atoms with Crippen LogP contribution in [-0.4, -0.2) is 9.55 Å². The van der Waals surface area contributed by atoms with Gasteiger partial charge in [0.15, 0.2) is 0 Å². The van der Waals surface area contributed by atoms with E-state index in [4.69, 9.17) is 0 Å². The number of rotatable bonds is 4. The van der Waals surface area contributed by atoms with Gasteiger partial charge in [-0.15, -0.1) is 0 Å². The van der Waals surface area contributed by atoms with Crippen molar-refractivity contribution in [2.45, 2.75) is 33.2 Å². The molecule has 0 radical (unpaired) electrons. The highest BCUT2D eigenvalue weighted by atomic mass is 16.1. The third-order valence-corrected chi connectivity index (χ3v) is 2.95. The lowest BCUT2D eigenvalue weighted by Gasteiger charge is -2.07. The fourth-order valence-corrected chi connectivity index (χ4v) is 2.09. The maximum absolute atomic E-state index is 11.8. The molecule has 0 spiro atoms. The fraction of sp³-hybridized carbons (Fsp3) is 0.357. The molecule has 0 aliphatic carbocycles. The minimum absolute atomic E-state index is 0.00481. The Morgan fingerprint density at radius 2 is 1.94 bits per heavy atom. The van der Waals surface area contributed by atoms with Crippen molar-refractivity contribution in [3.63, 3.8) is 0 Å². The number of nitrogens with zero attached hydrogens (tertiary/aromatic N) is 1. The smallest absolute Gasteiger partial charge is 0.309 e. The SMILES string of the molecule is CCCCn1c(-c2ccccc2)c(C)[nH]c1=O. The van der Waals surface area contributed by atoms with E-state index in [2.05, 4.69) is 11.9 Å². The molecule has 0 saturated heterocycles. The van der Waals surface area contributed by atoms with Crippen LogP contribution in [0.4, 0.5) is 0 Å². The highest BCUT2D eigenvalue weighted by Crippen LogP contribution is 2.21. The van der Waals surface area contributed by atoms with Gasteiger partial charge in [0, 0.05) is 17.8 Å².